The molecule has 0 aliphatic carbocycles. The van der Waals surface area contributed by atoms with Crippen LogP contribution in [0.4, 0.5) is 0 Å². The molecule has 0 radical (unpaired) electrons. The maximum atomic E-state index is 10.7. The highest BCUT2D eigenvalue weighted by molar-refractivity contribution is 7.13. The van der Waals surface area contributed by atoms with E-state index in [1.54, 1.807) is 18.3 Å². The van der Waals surface area contributed by atoms with Crippen LogP contribution in [0.15, 0.2) is 35.8 Å². The summed E-state index contributed by atoms with van der Waals surface area (Å²) < 4.78 is 0. The van der Waals surface area contributed by atoms with Crippen molar-refractivity contribution in [2.24, 2.45) is 0 Å². The molecule has 4 heteroatoms. The Morgan fingerprint density at radius 1 is 1.50 bits per heavy atom. The fourth-order valence-electron chi connectivity index (χ4n) is 1.78. The molecule has 0 saturated carbocycles. The number of benzene rings is 1. The third kappa shape index (κ3) is 3.67. The molecule has 0 spiro atoms. The van der Waals surface area contributed by atoms with Crippen LogP contribution in [0.1, 0.15) is 20.3 Å². The summed E-state index contributed by atoms with van der Waals surface area (Å²) in [5.41, 5.74) is 2.45. The molecule has 0 aliphatic rings. The molecule has 1 aromatic heterocycles. The molecule has 96 valence electrons. The summed E-state index contributed by atoms with van der Waals surface area (Å²) in [5, 5.41) is 5.85. The zero-order chi connectivity index (χ0) is 12.8. The standard InChI is InChI=1S/C14H16N2OS.H2/c1-11(17)15-7-3-5-12-4-2-6-13(10-12)14-16-8-9-18-14;/h2,4,6,8-10H,3,5,7H2,1H3,(H,15,17);1H. The van der Waals surface area contributed by atoms with Crippen LogP contribution in [0.2, 0.25) is 0 Å². The first kappa shape index (κ1) is 12.8. The number of hydrogen-bond donors (Lipinski definition) is 1. The number of carbonyl (C=O) groups excluding carboxylic acids is 1. The van der Waals surface area contributed by atoms with Crippen molar-refractivity contribution in [2.45, 2.75) is 19.8 Å². The molecule has 3 nitrogen and oxygen atoms in total. The van der Waals surface area contributed by atoms with Gasteiger partial charge in [0, 0.05) is 32.0 Å². The lowest BCUT2D eigenvalue weighted by Crippen LogP contribution is -2.21. The zero-order valence-electron chi connectivity index (χ0n) is 10.3. The van der Waals surface area contributed by atoms with Gasteiger partial charge >= 0.3 is 0 Å². The van der Waals surface area contributed by atoms with Crippen molar-refractivity contribution in [3.05, 3.63) is 41.4 Å². The number of thiazole rings is 1. The Kier molecular flexibility index (Phi) is 4.47. The summed E-state index contributed by atoms with van der Waals surface area (Å²) in [6.07, 6.45) is 3.75. The zero-order valence-corrected chi connectivity index (χ0v) is 11.2. The minimum Gasteiger partial charge on any atom is -0.356 e. The van der Waals surface area contributed by atoms with Crippen molar-refractivity contribution in [2.75, 3.05) is 6.54 Å². The molecule has 1 amide bonds. The summed E-state index contributed by atoms with van der Waals surface area (Å²) in [4.78, 5) is 15.1. The number of rotatable bonds is 5. The molecular formula is C14H18N2OS. The number of amides is 1. The van der Waals surface area contributed by atoms with E-state index in [-0.39, 0.29) is 7.33 Å². The monoisotopic (exact) mass is 262 g/mol. The number of nitrogens with zero attached hydrogens (tertiary/aromatic N) is 1. The van der Waals surface area contributed by atoms with Gasteiger partial charge in [0.1, 0.15) is 5.01 Å². The van der Waals surface area contributed by atoms with Crippen LogP contribution in [-0.2, 0) is 11.2 Å². The Balaban J connectivity index is 0.00000180. The Bertz CT molecular complexity index is 514. The van der Waals surface area contributed by atoms with Crippen LogP contribution in [0.25, 0.3) is 10.6 Å². The van der Waals surface area contributed by atoms with Crippen LogP contribution >= 0.6 is 11.3 Å². The van der Waals surface area contributed by atoms with E-state index in [1.165, 1.54) is 11.1 Å². The first-order valence-electron chi connectivity index (χ1n) is 5.99. The van der Waals surface area contributed by atoms with Crippen molar-refractivity contribution in [3.8, 4) is 10.6 Å². The minimum atomic E-state index is 0. The van der Waals surface area contributed by atoms with E-state index in [4.69, 9.17) is 0 Å². The van der Waals surface area contributed by atoms with Gasteiger partial charge in [-0.1, -0.05) is 18.2 Å². The fraction of sp³-hybridized carbons (Fsp3) is 0.286. The smallest absolute Gasteiger partial charge is 0.216 e. The predicted octanol–water partition coefficient (Wildman–Crippen LogP) is 3.12. The van der Waals surface area contributed by atoms with E-state index in [9.17, 15) is 4.79 Å². The molecule has 0 saturated heterocycles. The third-order valence-electron chi connectivity index (χ3n) is 2.62. The Labute approximate surface area is 112 Å². The van der Waals surface area contributed by atoms with Crippen molar-refractivity contribution < 1.29 is 6.22 Å². The SMILES string of the molecule is CC(=O)NCCCc1cccc(-c2nccs2)c1.[HH]. The number of hydrogen-bond acceptors (Lipinski definition) is 3. The Morgan fingerprint density at radius 2 is 2.39 bits per heavy atom. The van der Waals surface area contributed by atoms with Gasteiger partial charge in [-0.3, -0.25) is 4.79 Å². The molecule has 0 aliphatic heterocycles. The van der Waals surface area contributed by atoms with Crippen molar-refractivity contribution in [3.63, 3.8) is 0 Å². The van der Waals surface area contributed by atoms with Crippen LogP contribution < -0.4 is 5.32 Å². The lowest BCUT2D eigenvalue weighted by Gasteiger charge is -2.04. The summed E-state index contributed by atoms with van der Waals surface area (Å²) in [6.45, 7) is 2.28. The minimum absolute atomic E-state index is 0. The predicted molar refractivity (Wildman–Crippen MR) is 76.7 cm³/mol. The number of aryl methyl sites for hydroxylation is 1. The van der Waals surface area contributed by atoms with E-state index < -0.39 is 0 Å². The highest BCUT2D eigenvalue weighted by Crippen LogP contribution is 2.22. The van der Waals surface area contributed by atoms with Gasteiger partial charge in [-0.2, -0.15) is 0 Å². The normalized spacial score (nSPS) is 10.3. The lowest BCUT2D eigenvalue weighted by atomic mass is 10.1. The summed E-state index contributed by atoms with van der Waals surface area (Å²) in [7, 11) is 0. The topological polar surface area (TPSA) is 42.0 Å². The first-order valence-corrected chi connectivity index (χ1v) is 6.87. The van der Waals surface area contributed by atoms with E-state index in [0.717, 1.165) is 24.4 Å². The van der Waals surface area contributed by atoms with Gasteiger partial charge in [-0.15, -0.1) is 11.3 Å². The molecule has 0 fully saturated rings. The second-order valence-corrected chi connectivity index (χ2v) is 5.02. The van der Waals surface area contributed by atoms with Crippen LogP contribution in [0, 0.1) is 0 Å². The van der Waals surface area contributed by atoms with Crippen molar-refractivity contribution in [1.82, 2.24) is 10.3 Å². The largest absolute Gasteiger partial charge is 0.356 e. The highest BCUT2D eigenvalue weighted by atomic mass is 32.1. The van der Waals surface area contributed by atoms with E-state index in [0.29, 0.717) is 0 Å². The van der Waals surface area contributed by atoms with E-state index in [2.05, 4.69) is 34.6 Å². The molecule has 1 N–H and O–H groups in total. The van der Waals surface area contributed by atoms with Crippen LogP contribution in [0.3, 0.4) is 0 Å². The second-order valence-electron chi connectivity index (χ2n) is 4.12. The van der Waals surface area contributed by atoms with Crippen LogP contribution in [0.5, 0.6) is 0 Å². The summed E-state index contributed by atoms with van der Waals surface area (Å²) >= 11 is 1.65. The van der Waals surface area contributed by atoms with Crippen molar-refractivity contribution in [1.29, 1.82) is 0 Å². The molecule has 0 bridgehead atoms. The average Bonchev–Trinajstić information content (AvgIpc) is 2.89. The fourth-order valence-corrected chi connectivity index (χ4v) is 2.42. The van der Waals surface area contributed by atoms with Crippen molar-refractivity contribution >= 4 is 17.2 Å². The number of nitrogens with one attached hydrogen (secondary N) is 1. The number of aromatic nitrogens is 1. The van der Waals surface area contributed by atoms with E-state index >= 15 is 0 Å². The van der Waals surface area contributed by atoms with Gasteiger partial charge in [0.05, 0.1) is 0 Å². The number of carbonyl (C=O) groups is 1. The van der Waals surface area contributed by atoms with Gasteiger partial charge in [-0.05, 0) is 24.5 Å². The lowest BCUT2D eigenvalue weighted by molar-refractivity contribution is -0.118. The third-order valence-corrected chi connectivity index (χ3v) is 3.44. The molecule has 0 atom stereocenters. The molecule has 1 heterocycles. The molecule has 2 rings (SSSR count). The molecule has 1 aromatic carbocycles. The average molecular weight is 262 g/mol. The van der Waals surface area contributed by atoms with Gasteiger partial charge in [0.15, 0.2) is 0 Å². The van der Waals surface area contributed by atoms with Crippen LogP contribution in [-0.4, -0.2) is 17.4 Å². The Hall–Kier alpha value is -1.68. The van der Waals surface area contributed by atoms with E-state index in [1.807, 2.05) is 11.6 Å². The first-order chi connectivity index (χ1) is 8.75. The molecule has 18 heavy (non-hydrogen) atoms. The molecule has 0 unspecified atom stereocenters. The highest BCUT2D eigenvalue weighted by Gasteiger charge is 2.01. The van der Waals surface area contributed by atoms with Gasteiger partial charge in [0.2, 0.25) is 5.91 Å². The van der Waals surface area contributed by atoms with Gasteiger partial charge in [-0.25, -0.2) is 4.98 Å². The quantitative estimate of drug-likeness (QED) is 0.841. The summed E-state index contributed by atoms with van der Waals surface area (Å²) in [5.74, 6) is 0.0338. The van der Waals surface area contributed by atoms with Gasteiger partial charge < -0.3 is 5.32 Å². The Morgan fingerprint density at radius 3 is 3.11 bits per heavy atom. The second kappa shape index (κ2) is 6.31. The molecular weight excluding hydrogens is 244 g/mol. The summed E-state index contributed by atoms with van der Waals surface area (Å²) in [6, 6.07) is 8.43. The van der Waals surface area contributed by atoms with Gasteiger partial charge in [0.25, 0.3) is 0 Å². The maximum Gasteiger partial charge on any atom is 0.216 e. The molecule has 2 aromatic rings. The maximum absolute atomic E-state index is 10.7.